The summed E-state index contributed by atoms with van der Waals surface area (Å²) in [6.45, 7) is 1.99. The molecule has 4 amide bonds. The van der Waals surface area contributed by atoms with Gasteiger partial charge in [0.25, 0.3) is 5.91 Å². The first-order valence-corrected chi connectivity index (χ1v) is 9.22. The topological polar surface area (TPSA) is 69.7 Å². The summed E-state index contributed by atoms with van der Waals surface area (Å²) in [4.78, 5) is 39.7. The molecule has 1 heterocycles. The first kappa shape index (κ1) is 18.2. The number of allylic oxidation sites excluding steroid dienone is 1. The smallest absolute Gasteiger partial charge is 0.332 e. The first-order valence-electron chi connectivity index (χ1n) is 9.22. The number of benzene rings is 1. The number of nitrogens with one attached hydrogen (secondary N) is 1. The Labute approximate surface area is 153 Å². The highest BCUT2D eigenvalue weighted by Crippen LogP contribution is 2.25. The highest BCUT2D eigenvalue weighted by atomic mass is 16.2. The molecule has 1 atom stereocenters. The van der Waals surface area contributed by atoms with E-state index in [0.29, 0.717) is 12.2 Å². The molecule has 0 spiro atoms. The van der Waals surface area contributed by atoms with Crippen LogP contribution in [0.4, 0.5) is 10.5 Å². The van der Waals surface area contributed by atoms with Crippen LogP contribution >= 0.6 is 0 Å². The number of para-hydroxylation sites is 1. The Morgan fingerprint density at radius 1 is 1.19 bits per heavy atom. The van der Waals surface area contributed by atoms with Gasteiger partial charge in [-0.15, -0.1) is 0 Å². The molecule has 1 aromatic carbocycles. The normalized spacial score (nSPS) is 20.3. The minimum atomic E-state index is -0.606. The zero-order chi connectivity index (χ0) is 18.5. The summed E-state index contributed by atoms with van der Waals surface area (Å²) < 4.78 is 0. The summed E-state index contributed by atoms with van der Waals surface area (Å²) in [5.41, 5.74) is 2.04. The van der Waals surface area contributed by atoms with Crippen LogP contribution in [0.25, 0.3) is 0 Å². The third-order valence-corrected chi connectivity index (χ3v) is 4.94. The van der Waals surface area contributed by atoms with Crippen LogP contribution in [0.1, 0.15) is 39.0 Å². The fourth-order valence-electron chi connectivity index (χ4n) is 3.49. The number of nitrogens with zero attached hydrogens (tertiary/aromatic N) is 2. The number of urea groups is 1. The predicted molar refractivity (Wildman–Crippen MR) is 99.7 cm³/mol. The summed E-state index contributed by atoms with van der Waals surface area (Å²) >= 11 is 0. The van der Waals surface area contributed by atoms with Crippen molar-refractivity contribution in [3.05, 3.63) is 42.0 Å². The van der Waals surface area contributed by atoms with Crippen LogP contribution < -0.4 is 10.2 Å². The Kier molecular flexibility index (Phi) is 5.71. The van der Waals surface area contributed by atoms with Crippen molar-refractivity contribution in [2.24, 2.45) is 0 Å². The zero-order valence-electron chi connectivity index (χ0n) is 15.1. The molecule has 26 heavy (non-hydrogen) atoms. The minimum absolute atomic E-state index is 0.232. The van der Waals surface area contributed by atoms with Crippen LogP contribution in [0.15, 0.2) is 42.0 Å². The van der Waals surface area contributed by atoms with Crippen LogP contribution in [0, 0.1) is 0 Å². The number of carbonyl (C=O) groups excluding carboxylic acids is 3. The molecule has 0 saturated carbocycles. The van der Waals surface area contributed by atoms with E-state index in [0.717, 1.165) is 24.2 Å². The van der Waals surface area contributed by atoms with Gasteiger partial charge in [0.15, 0.2) is 0 Å². The van der Waals surface area contributed by atoms with Crippen molar-refractivity contribution in [3.63, 3.8) is 0 Å². The number of anilines is 1. The maximum atomic E-state index is 12.6. The molecule has 1 fully saturated rings. The van der Waals surface area contributed by atoms with Gasteiger partial charge in [-0.3, -0.25) is 19.4 Å². The quantitative estimate of drug-likeness (QED) is 0.630. The lowest BCUT2D eigenvalue weighted by molar-refractivity contribution is -0.131. The van der Waals surface area contributed by atoms with Gasteiger partial charge in [0.2, 0.25) is 5.91 Å². The van der Waals surface area contributed by atoms with Crippen molar-refractivity contribution >= 4 is 23.5 Å². The van der Waals surface area contributed by atoms with Crippen LogP contribution in [0.2, 0.25) is 0 Å². The second-order valence-corrected chi connectivity index (χ2v) is 6.80. The Morgan fingerprint density at radius 2 is 1.96 bits per heavy atom. The lowest BCUT2D eigenvalue weighted by Gasteiger charge is -2.19. The van der Waals surface area contributed by atoms with E-state index in [1.807, 2.05) is 18.2 Å². The monoisotopic (exact) mass is 355 g/mol. The molecule has 1 aliphatic carbocycles. The number of carbonyl (C=O) groups is 3. The van der Waals surface area contributed by atoms with Gasteiger partial charge in [-0.05, 0) is 51.2 Å². The number of hydrogen-bond donors (Lipinski definition) is 1. The Balaban J connectivity index is 1.55. The second kappa shape index (κ2) is 8.17. The maximum Gasteiger partial charge on any atom is 0.332 e. The molecule has 3 rings (SSSR count). The van der Waals surface area contributed by atoms with Crippen molar-refractivity contribution < 1.29 is 14.4 Å². The minimum Gasteiger partial charge on any atom is -0.354 e. The average molecular weight is 355 g/mol. The van der Waals surface area contributed by atoms with Crippen molar-refractivity contribution in [2.45, 2.75) is 45.1 Å². The number of rotatable bonds is 6. The summed E-state index contributed by atoms with van der Waals surface area (Å²) in [5.74, 6) is -0.644. The molecule has 0 aromatic heterocycles. The maximum absolute atomic E-state index is 12.6. The van der Waals surface area contributed by atoms with E-state index in [1.165, 1.54) is 23.3 Å². The Morgan fingerprint density at radius 3 is 2.65 bits per heavy atom. The molecular weight excluding hydrogens is 330 g/mol. The van der Waals surface area contributed by atoms with Gasteiger partial charge in [0.1, 0.15) is 12.6 Å². The number of imide groups is 1. The van der Waals surface area contributed by atoms with E-state index in [-0.39, 0.29) is 18.4 Å². The molecule has 6 nitrogen and oxygen atoms in total. The molecule has 0 bridgehead atoms. The van der Waals surface area contributed by atoms with Gasteiger partial charge in [-0.2, -0.15) is 0 Å². The fourth-order valence-corrected chi connectivity index (χ4v) is 3.49. The van der Waals surface area contributed by atoms with Crippen molar-refractivity contribution in [1.82, 2.24) is 10.2 Å². The standard InChI is InChI=1S/C20H25N3O3/c1-15-19(25)22(20(26)23(15)17-10-6-3-7-11-17)14-18(24)21-13-12-16-8-4-2-5-9-16/h3,6-8,10-11,15H,2,4-5,9,12-14H2,1H3,(H,21,24)/t15-/m1/s1. The second-order valence-electron chi connectivity index (χ2n) is 6.80. The van der Waals surface area contributed by atoms with Gasteiger partial charge in [-0.25, -0.2) is 4.79 Å². The van der Waals surface area contributed by atoms with Crippen LogP contribution in [-0.2, 0) is 9.59 Å². The molecule has 1 aromatic rings. The summed E-state index contributed by atoms with van der Waals surface area (Å²) in [7, 11) is 0. The first-order chi connectivity index (χ1) is 12.6. The SMILES string of the molecule is C[C@@H]1C(=O)N(CC(=O)NCCC2=CCCCC2)C(=O)N1c1ccccc1. The highest BCUT2D eigenvalue weighted by Gasteiger charge is 2.43. The molecule has 0 unspecified atom stereocenters. The largest absolute Gasteiger partial charge is 0.354 e. The van der Waals surface area contributed by atoms with E-state index in [4.69, 9.17) is 0 Å². The Hall–Kier alpha value is -2.63. The molecular formula is C20H25N3O3. The molecule has 6 heteroatoms. The number of hydrogen-bond acceptors (Lipinski definition) is 3. The lowest BCUT2D eigenvalue weighted by Crippen LogP contribution is -2.41. The predicted octanol–water partition coefficient (Wildman–Crippen LogP) is 2.85. The third-order valence-electron chi connectivity index (χ3n) is 4.94. The van der Waals surface area contributed by atoms with E-state index >= 15 is 0 Å². The zero-order valence-corrected chi connectivity index (χ0v) is 15.1. The van der Waals surface area contributed by atoms with Crippen LogP contribution in [0.3, 0.4) is 0 Å². The lowest BCUT2D eigenvalue weighted by atomic mass is 9.97. The fraction of sp³-hybridized carbons (Fsp3) is 0.450. The number of amides is 4. The van der Waals surface area contributed by atoms with Crippen molar-refractivity contribution in [1.29, 1.82) is 0 Å². The van der Waals surface area contributed by atoms with Crippen molar-refractivity contribution in [3.8, 4) is 0 Å². The van der Waals surface area contributed by atoms with Gasteiger partial charge < -0.3 is 5.32 Å². The van der Waals surface area contributed by atoms with Gasteiger partial charge in [0, 0.05) is 12.2 Å². The molecule has 1 saturated heterocycles. The van der Waals surface area contributed by atoms with Crippen LogP contribution in [0.5, 0.6) is 0 Å². The van der Waals surface area contributed by atoms with Crippen LogP contribution in [-0.4, -0.2) is 41.9 Å². The Bertz CT molecular complexity index is 714. The van der Waals surface area contributed by atoms with Gasteiger partial charge in [0.05, 0.1) is 0 Å². The summed E-state index contributed by atoms with van der Waals surface area (Å²) in [6, 6.07) is 7.99. The molecule has 138 valence electrons. The summed E-state index contributed by atoms with van der Waals surface area (Å²) in [5, 5.41) is 2.82. The molecule has 1 N–H and O–H groups in total. The van der Waals surface area contributed by atoms with E-state index in [1.54, 1.807) is 19.1 Å². The molecule has 2 aliphatic rings. The van der Waals surface area contributed by atoms with Gasteiger partial charge >= 0.3 is 6.03 Å². The van der Waals surface area contributed by atoms with Gasteiger partial charge in [-0.1, -0.05) is 29.8 Å². The summed E-state index contributed by atoms with van der Waals surface area (Å²) in [6.07, 6.45) is 7.76. The van der Waals surface area contributed by atoms with E-state index in [2.05, 4.69) is 11.4 Å². The average Bonchev–Trinajstić information content (AvgIpc) is 2.87. The van der Waals surface area contributed by atoms with Crippen molar-refractivity contribution in [2.75, 3.05) is 18.0 Å². The molecule has 0 radical (unpaired) electrons. The highest BCUT2D eigenvalue weighted by molar-refractivity contribution is 6.15. The third kappa shape index (κ3) is 3.95. The van der Waals surface area contributed by atoms with E-state index < -0.39 is 12.1 Å². The van der Waals surface area contributed by atoms with E-state index in [9.17, 15) is 14.4 Å². The molecule has 1 aliphatic heterocycles.